The molecule has 0 saturated heterocycles. The summed E-state index contributed by atoms with van der Waals surface area (Å²) >= 11 is 0. The Kier molecular flexibility index (Phi) is 3.35. The van der Waals surface area contributed by atoms with Crippen molar-refractivity contribution in [2.45, 2.75) is 18.4 Å². The van der Waals surface area contributed by atoms with E-state index >= 15 is 0 Å². The zero-order valence-electron chi connectivity index (χ0n) is 9.84. The molecule has 0 amide bonds. The highest BCUT2D eigenvalue weighted by molar-refractivity contribution is 7.89. The van der Waals surface area contributed by atoms with Crippen LogP contribution in [0.4, 0.5) is 5.69 Å². The number of hydrogen-bond acceptors (Lipinski definition) is 4. The molecule has 0 aliphatic heterocycles. The van der Waals surface area contributed by atoms with Gasteiger partial charge in [0.15, 0.2) is 0 Å². The van der Waals surface area contributed by atoms with Gasteiger partial charge in [-0.3, -0.25) is 5.10 Å². The first-order valence-electron chi connectivity index (χ1n) is 5.33. The standard InChI is InChI=1S/C11H14N4O2S/c1-8-3-2-4-10(12)11(8)18(16,17)15-7-9-5-13-14-6-9/h2-6,15H,7,12H2,1H3,(H,13,14). The van der Waals surface area contributed by atoms with Gasteiger partial charge >= 0.3 is 0 Å². The number of anilines is 1. The minimum atomic E-state index is -3.61. The highest BCUT2D eigenvalue weighted by Crippen LogP contribution is 2.22. The summed E-state index contributed by atoms with van der Waals surface area (Å²) in [4.78, 5) is 0.133. The summed E-state index contributed by atoms with van der Waals surface area (Å²) in [6.45, 7) is 1.88. The zero-order valence-corrected chi connectivity index (χ0v) is 10.7. The second-order valence-corrected chi connectivity index (χ2v) is 5.63. The Bertz CT molecular complexity index is 615. The van der Waals surface area contributed by atoms with Crippen LogP contribution in [0.2, 0.25) is 0 Å². The molecule has 6 nitrogen and oxygen atoms in total. The Labute approximate surface area is 105 Å². The molecular weight excluding hydrogens is 252 g/mol. The Hall–Kier alpha value is -1.86. The van der Waals surface area contributed by atoms with Crippen LogP contribution in [0.5, 0.6) is 0 Å². The molecule has 0 bridgehead atoms. The molecule has 4 N–H and O–H groups in total. The number of aromatic nitrogens is 2. The predicted molar refractivity (Wildman–Crippen MR) is 68.2 cm³/mol. The van der Waals surface area contributed by atoms with E-state index in [1.54, 1.807) is 37.5 Å². The molecule has 1 aromatic heterocycles. The van der Waals surface area contributed by atoms with Crippen LogP contribution >= 0.6 is 0 Å². The molecule has 0 saturated carbocycles. The fraction of sp³-hybridized carbons (Fsp3) is 0.182. The topological polar surface area (TPSA) is 101 Å². The first-order chi connectivity index (χ1) is 8.50. The van der Waals surface area contributed by atoms with Crippen molar-refractivity contribution in [2.75, 3.05) is 5.73 Å². The van der Waals surface area contributed by atoms with E-state index in [0.29, 0.717) is 5.56 Å². The van der Waals surface area contributed by atoms with Gasteiger partial charge in [0.05, 0.1) is 11.9 Å². The van der Waals surface area contributed by atoms with Crippen LogP contribution in [-0.2, 0) is 16.6 Å². The van der Waals surface area contributed by atoms with Crippen LogP contribution < -0.4 is 10.5 Å². The number of nitrogen functional groups attached to an aromatic ring is 1. The number of rotatable bonds is 4. The van der Waals surface area contributed by atoms with Gasteiger partial charge in [0.25, 0.3) is 0 Å². The van der Waals surface area contributed by atoms with Crippen molar-refractivity contribution < 1.29 is 8.42 Å². The number of hydrogen-bond donors (Lipinski definition) is 3. The lowest BCUT2D eigenvalue weighted by molar-refractivity contribution is 0.581. The maximum Gasteiger partial charge on any atom is 0.243 e. The lowest BCUT2D eigenvalue weighted by atomic mass is 10.2. The first kappa shape index (κ1) is 12.6. The van der Waals surface area contributed by atoms with Crippen molar-refractivity contribution in [2.24, 2.45) is 0 Å². The average Bonchev–Trinajstić information content (AvgIpc) is 2.78. The highest BCUT2D eigenvalue weighted by Gasteiger charge is 2.19. The molecule has 1 aromatic carbocycles. The summed E-state index contributed by atoms with van der Waals surface area (Å²) in [6, 6.07) is 5.00. The minimum absolute atomic E-state index is 0.133. The van der Waals surface area contributed by atoms with E-state index in [1.807, 2.05) is 0 Å². The lowest BCUT2D eigenvalue weighted by Crippen LogP contribution is -2.24. The molecule has 18 heavy (non-hydrogen) atoms. The van der Waals surface area contributed by atoms with E-state index in [4.69, 9.17) is 5.73 Å². The summed E-state index contributed by atoms with van der Waals surface area (Å²) < 4.78 is 26.8. The van der Waals surface area contributed by atoms with E-state index in [9.17, 15) is 8.42 Å². The van der Waals surface area contributed by atoms with Crippen LogP contribution in [0.3, 0.4) is 0 Å². The fourth-order valence-corrected chi connectivity index (χ4v) is 3.04. The zero-order chi connectivity index (χ0) is 13.2. The van der Waals surface area contributed by atoms with Gasteiger partial charge in [-0.2, -0.15) is 5.10 Å². The first-order valence-corrected chi connectivity index (χ1v) is 6.81. The number of sulfonamides is 1. The highest BCUT2D eigenvalue weighted by atomic mass is 32.2. The number of H-pyrrole nitrogens is 1. The van der Waals surface area contributed by atoms with E-state index in [2.05, 4.69) is 14.9 Å². The lowest BCUT2D eigenvalue weighted by Gasteiger charge is -2.10. The van der Waals surface area contributed by atoms with Crippen molar-refractivity contribution in [1.82, 2.24) is 14.9 Å². The van der Waals surface area contributed by atoms with Gasteiger partial charge in [-0.15, -0.1) is 0 Å². The van der Waals surface area contributed by atoms with Crippen LogP contribution in [0.25, 0.3) is 0 Å². The molecule has 0 spiro atoms. The maximum atomic E-state index is 12.1. The summed E-state index contributed by atoms with van der Waals surface area (Å²) in [5.74, 6) is 0. The van der Waals surface area contributed by atoms with Crippen LogP contribution in [0.15, 0.2) is 35.5 Å². The molecule has 2 aromatic rings. The second-order valence-electron chi connectivity index (χ2n) is 3.92. The second kappa shape index (κ2) is 4.79. The summed E-state index contributed by atoms with van der Waals surface area (Å²) in [7, 11) is -3.61. The van der Waals surface area contributed by atoms with Gasteiger partial charge in [0.1, 0.15) is 4.90 Å². The van der Waals surface area contributed by atoms with E-state index in [-0.39, 0.29) is 17.1 Å². The van der Waals surface area contributed by atoms with Gasteiger partial charge in [0, 0.05) is 18.3 Å². The third-order valence-corrected chi connectivity index (χ3v) is 4.15. The van der Waals surface area contributed by atoms with Crippen LogP contribution in [0, 0.1) is 6.92 Å². The van der Waals surface area contributed by atoms with Gasteiger partial charge in [-0.05, 0) is 18.6 Å². The number of aromatic amines is 1. The van der Waals surface area contributed by atoms with Crippen molar-refractivity contribution >= 4 is 15.7 Å². The van der Waals surface area contributed by atoms with Gasteiger partial charge in [-0.1, -0.05) is 12.1 Å². The number of nitrogens with two attached hydrogens (primary N) is 1. The molecule has 7 heteroatoms. The molecule has 0 fully saturated rings. The number of nitrogens with zero attached hydrogens (tertiary/aromatic N) is 1. The van der Waals surface area contributed by atoms with E-state index < -0.39 is 10.0 Å². The molecule has 1 heterocycles. The average molecular weight is 266 g/mol. The Morgan fingerprint density at radius 2 is 2.22 bits per heavy atom. The molecule has 0 radical (unpaired) electrons. The molecule has 96 valence electrons. The normalized spacial score (nSPS) is 11.6. The molecule has 0 aliphatic rings. The maximum absolute atomic E-state index is 12.1. The SMILES string of the molecule is Cc1cccc(N)c1S(=O)(=O)NCc1cn[nH]c1. The van der Waals surface area contributed by atoms with Gasteiger partial charge in [0.2, 0.25) is 10.0 Å². The summed E-state index contributed by atoms with van der Waals surface area (Å²) in [5.41, 5.74) is 7.34. The Balaban J connectivity index is 2.26. The number of nitrogens with one attached hydrogen (secondary N) is 2. The van der Waals surface area contributed by atoms with Crippen molar-refractivity contribution in [3.63, 3.8) is 0 Å². The van der Waals surface area contributed by atoms with Gasteiger partial charge < -0.3 is 5.73 Å². The number of aryl methyl sites for hydroxylation is 1. The van der Waals surface area contributed by atoms with Gasteiger partial charge in [-0.25, -0.2) is 13.1 Å². The van der Waals surface area contributed by atoms with Crippen molar-refractivity contribution in [1.29, 1.82) is 0 Å². The minimum Gasteiger partial charge on any atom is -0.398 e. The molecular formula is C11H14N4O2S. The molecule has 0 aliphatic carbocycles. The monoisotopic (exact) mass is 266 g/mol. The smallest absolute Gasteiger partial charge is 0.243 e. The van der Waals surface area contributed by atoms with Crippen molar-refractivity contribution in [3.05, 3.63) is 41.7 Å². The quantitative estimate of drug-likeness (QED) is 0.712. The third-order valence-electron chi connectivity index (χ3n) is 2.53. The fourth-order valence-electron chi connectivity index (χ4n) is 1.67. The van der Waals surface area contributed by atoms with Crippen LogP contribution in [-0.4, -0.2) is 18.6 Å². The van der Waals surface area contributed by atoms with E-state index in [1.165, 1.54) is 0 Å². The number of benzene rings is 1. The Morgan fingerprint density at radius 1 is 1.44 bits per heavy atom. The Morgan fingerprint density at radius 3 is 2.83 bits per heavy atom. The largest absolute Gasteiger partial charge is 0.398 e. The third kappa shape index (κ3) is 2.52. The molecule has 0 unspecified atom stereocenters. The summed E-state index contributed by atoms with van der Waals surface area (Å²) in [6.07, 6.45) is 3.19. The molecule has 0 atom stereocenters. The summed E-state index contributed by atoms with van der Waals surface area (Å²) in [5, 5.41) is 6.37. The predicted octanol–water partition coefficient (Wildman–Crippen LogP) is 0.779. The van der Waals surface area contributed by atoms with Crippen molar-refractivity contribution in [3.8, 4) is 0 Å². The molecule has 2 rings (SSSR count). The van der Waals surface area contributed by atoms with E-state index in [0.717, 1.165) is 5.56 Å². The van der Waals surface area contributed by atoms with Crippen LogP contribution in [0.1, 0.15) is 11.1 Å².